The molecule has 0 radical (unpaired) electrons. The third kappa shape index (κ3) is 4.03. The van der Waals surface area contributed by atoms with Gasteiger partial charge in [0.25, 0.3) is 0 Å². The normalized spacial score (nSPS) is 10.8. The maximum atomic E-state index is 11.6. The molecule has 0 saturated heterocycles. The lowest BCUT2D eigenvalue weighted by molar-refractivity contribution is -0.116. The molecule has 4 heteroatoms. The minimum atomic E-state index is -0.110. The summed E-state index contributed by atoms with van der Waals surface area (Å²) in [6, 6.07) is 9.33. The third-order valence-corrected chi connectivity index (χ3v) is 2.72. The Hall–Kier alpha value is -2.49. The second-order valence-electron chi connectivity index (χ2n) is 4.40. The Morgan fingerprint density at radius 2 is 2.05 bits per heavy atom. The van der Waals surface area contributed by atoms with E-state index < -0.39 is 0 Å². The first-order valence-electron chi connectivity index (χ1n) is 6.06. The molecule has 0 aliphatic carbocycles. The van der Waals surface area contributed by atoms with Gasteiger partial charge in [-0.15, -0.1) is 0 Å². The van der Waals surface area contributed by atoms with Gasteiger partial charge in [-0.05, 0) is 35.4 Å². The fraction of sp³-hybridized carbons (Fsp3) is 0.133. The van der Waals surface area contributed by atoms with Crippen molar-refractivity contribution in [1.82, 2.24) is 9.88 Å². The van der Waals surface area contributed by atoms with Crippen molar-refractivity contribution >= 4 is 17.7 Å². The maximum Gasteiger partial charge on any atom is 0.244 e. The largest absolute Gasteiger partial charge is 0.399 e. The number of carbonyl (C=O) groups is 1. The number of benzene rings is 1. The molecule has 1 heterocycles. The van der Waals surface area contributed by atoms with Gasteiger partial charge in [0.2, 0.25) is 5.91 Å². The van der Waals surface area contributed by atoms with Gasteiger partial charge in [-0.2, -0.15) is 0 Å². The van der Waals surface area contributed by atoms with Crippen molar-refractivity contribution in [2.24, 2.45) is 7.05 Å². The van der Waals surface area contributed by atoms with E-state index in [0.717, 1.165) is 11.1 Å². The predicted octanol–water partition coefficient (Wildman–Crippen LogP) is 1.94. The van der Waals surface area contributed by atoms with Gasteiger partial charge in [0.15, 0.2) is 0 Å². The van der Waals surface area contributed by atoms with E-state index in [-0.39, 0.29) is 5.91 Å². The molecule has 0 unspecified atom stereocenters. The number of hydrogen-bond acceptors (Lipinski definition) is 2. The summed E-state index contributed by atoms with van der Waals surface area (Å²) in [4.78, 5) is 11.6. The number of hydrogen-bond donors (Lipinski definition) is 2. The van der Waals surface area contributed by atoms with Gasteiger partial charge in [-0.1, -0.05) is 12.1 Å². The zero-order chi connectivity index (χ0) is 13.7. The Kier molecular flexibility index (Phi) is 4.03. The van der Waals surface area contributed by atoms with Crippen LogP contribution in [-0.2, 0) is 18.4 Å². The van der Waals surface area contributed by atoms with Crippen molar-refractivity contribution in [2.75, 3.05) is 5.73 Å². The lowest BCUT2D eigenvalue weighted by Crippen LogP contribution is -2.19. The minimum Gasteiger partial charge on any atom is -0.399 e. The van der Waals surface area contributed by atoms with Crippen molar-refractivity contribution in [3.63, 3.8) is 0 Å². The molecular formula is C15H17N3O. The number of rotatable bonds is 4. The second-order valence-corrected chi connectivity index (χ2v) is 4.40. The molecule has 1 aromatic carbocycles. The van der Waals surface area contributed by atoms with Crippen molar-refractivity contribution in [3.8, 4) is 0 Å². The smallest absolute Gasteiger partial charge is 0.244 e. The first kappa shape index (κ1) is 13.0. The Morgan fingerprint density at radius 3 is 2.68 bits per heavy atom. The number of aromatic nitrogens is 1. The van der Waals surface area contributed by atoms with Crippen LogP contribution < -0.4 is 11.1 Å². The molecule has 19 heavy (non-hydrogen) atoms. The number of anilines is 1. The summed E-state index contributed by atoms with van der Waals surface area (Å²) in [6.07, 6.45) is 7.21. The number of amides is 1. The van der Waals surface area contributed by atoms with Crippen LogP contribution in [0.2, 0.25) is 0 Å². The molecule has 4 nitrogen and oxygen atoms in total. The first-order valence-corrected chi connectivity index (χ1v) is 6.06. The summed E-state index contributed by atoms with van der Waals surface area (Å²) in [6.45, 7) is 0.533. The van der Waals surface area contributed by atoms with E-state index in [2.05, 4.69) is 5.32 Å². The lowest BCUT2D eigenvalue weighted by Gasteiger charge is -1.99. The second kappa shape index (κ2) is 5.91. The highest BCUT2D eigenvalue weighted by Gasteiger charge is 1.98. The summed E-state index contributed by atoms with van der Waals surface area (Å²) >= 11 is 0. The van der Waals surface area contributed by atoms with E-state index in [0.29, 0.717) is 12.2 Å². The van der Waals surface area contributed by atoms with Crippen molar-refractivity contribution < 1.29 is 4.79 Å². The van der Waals surface area contributed by atoms with E-state index in [1.54, 1.807) is 6.08 Å². The molecule has 0 aliphatic heterocycles. The Labute approximate surface area is 112 Å². The van der Waals surface area contributed by atoms with Crippen LogP contribution in [-0.4, -0.2) is 10.5 Å². The molecule has 0 saturated carbocycles. The molecule has 0 fully saturated rings. The molecule has 3 N–H and O–H groups in total. The number of aryl methyl sites for hydroxylation is 1. The Bertz CT molecular complexity index is 582. The quantitative estimate of drug-likeness (QED) is 0.648. The minimum absolute atomic E-state index is 0.110. The monoisotopic (exact) mass is 255 g/mol. The van der Waals surface area contributed by atoms with Gasteiger partial charge in [0.1, 0.15) is 0 Å². The SMILES string of the molecule is Cn1ccc(CNC(=O)/C=C/c2ccc(N)cc2)c1. The average Bonchev–Trinajstić information content (AvgIpc) is 2.81. The zero-order valence-electron chi connectivity index (χ0n) is 10.8. The molecule has 0 bridgehead atoms. The summed E-state index contributed by atoms with van der Waals surface area (Å²) < 4.78 is 1.95. The van der Waals surface area contributed by atoms with E-state index in [4.69, 9.17) is 5.73 Å². The summed E-state index contributed by atoms with van der Waals surface area (Å²) in [7, 11) is 1.95. The molecule has 1 aromatic heterocycles. The van der Waals surface area contributed by atoms with Crippen LogP contribution in [0.3, 0.4) is 0 Å². The number of nitrogens with one attached hydrogen (secondary N) is 1. The topological polar surface area (TPSA) is 60.0 Å². The number of nitrogens with two attached hydrogens (primary N) is 1. The summed E-state index contributed by atoms with van der Waals surface area (Å²) in [5.74, 6) is -0.110. The van der Waals surface area contributed by atoms with Crippen molar-refractivity contribution in [3.05, 3.63) is 59.9 Å². The molecule has 0 aliphatic rings. The van der Waals surface area contributed by atoms with E-state index >= 15 is 0 Å². The van der Waals surface area contributed by atoms with Crippen molar-refractivity contribution in [1.29, 1.82) is 0 Å². The third-order valence-electron chi connectivity index (χ3n) is 2.72. The van der Waals surface area contributed by atoms with E-state index in [1.165, 1.54) is 6.08 Å². The van der Waals surface area contributed by atoms with Gasteiger partial charge < -0.3 is 15.6 Å². The highest BCUT2D eigenvalue weighted by Crippen LogP contribution is 2.06. The van der Waals surface area contributed by atoms with Gasteiger partial charge in [0, 0.05) is 37.7 Å². The van der Waals surface area contributed by atoms with Gasteiger partial charge >= 0.3 is 0 Å². The average molecular weight is 255 g/mol. The van der Waals surface area contributed by atoms with Crippen LogP contribution in [0.4, 0.5) is 5.69 Å². The summed E-state index contributed by atoms with van der Waals surface area (Å²) in [5.41, 5.74) is 8.33. The highest BCUT2D eigenvalue weighted by molar-refractivity contribution is 5.91. The van der Waals surface area contributed by atoms with Crippen LogP contribution in [0.25, 0.3) is 6.08 Å². The standard InChI is InChI=1S/C15H17N3O/c1-18-9-8-13(11-18)10-17-15(19)7-4-12-2-5-14(16)6-3-12/h2-9,11H,10,16H2,1H3,(H,17,19)/b7-4+. The highest BCUT2D eigenvalue weighted by atomic mass is 16.1. The number of nitrogens with zero attached hydrogens (tertiary/aromatic N) is 1. The molecule has 1 amide bonds. The maximum absolute atomic E-state index is 11.6. The summed E-state index contributed by atoms with van der Waals surface area (Å²) in [5, 5.41) is 2.83. The number of nitrogen functional groups attached to an aromatic ring is 1. The molecule has 0 spiro atoms. The van der Waals surface area contributed by atoms with Crippen LogP contribution >= 0.6 is 0 Å². The molecule has 0 atom stereocenters. The molecular weight excluding hydrogens is 238 g/mol. The van der Waals surface area contributed by atoms with E-state index in [1.807, 2.05) is 54.3 Å². The Balaban J connectivity index is 1.85. The fourth-order valence-corrected chi connectivity index (χ4v) is 1.69. The van der Waals surface area contributed by atoms with Gasteiger partial charge in [-0.25, -0.2) is 0 Å². The number of carbonyl (C=O) groups excluding carboxylic acids is 1. The van der Waals surface area contributed by atoms with Crippen LogP contribution in [0.5, 0.6) is 0 Å². The van der Waals surface area contributed by atoms with Crippen LogP contribution in [0, 0.1) is 0 Å². The predicted molar refractivity (Wildman–Crippen MR) is 77.1 cm³/mol. The van der Waals surface area contributed by atoms with Gasteiger partial charge in [-0.3, -0.25) is 4.79 Å². The van der Waals surface area contributed by atoms with Gasteiger partial charge in [0.05, 0.1) is 0 Å². The fourth-order valence-electron chi connectivity index (χ4n) is 1.69. The molecule has 2 rings (SSSR count). The Morgan fingerprint density at radius 1 is 1.32 bits per heavy atom. The zero-order valence-corrected chi connectivity index (χ0v) is 10.8. The van der Waals surface area contributed by atoms with Crippen LogP contribution in [0.1, 0.15) is 11.1 Å². The molecule has 98 valence electrons. The molecule has 2 aromatic rings. The van der Waals surface area contributed by atoms with Crippen LogP contribution in [0.15, 0.2) is 48.8 Å². The van der Waals surface area contributed by atoms with E-state index in [9.17, 15) is 4.79 Å². The first-order chi connectivity index (χ1) is 9.13. The van der Waals surface area contributed by atoms with Crippen molar-refractivity contribution in [2.45, 2.75) is 6.54 Å². The lowest BCUT2D eigenvalue weighted by atomic mass is 10.2.